The number of hydrogen-bond acceptors (Lipinski definition) is 6. The Morgan fingerprint density at radius 1 is 1.24 bits per heavy atom. The fourth-order valence-electron chi connectivity index (χ4n) is 4.77. The number of amides is 1. The molecule has 2 aliphatic rings. The number of carbonyl (C=O) groups is 1. The third kappa shape index (κ3) is 5.80. The Morgan fingerprint density at radius 2 is 2.03 bits per heavy atom. The van der Waals surface area contributed by atoms with Crippen molar-refractivity contribution in [2.24, 2.45) is 0 Å². The van der Waals surface area contributed by atoms with Crippen molar-refractivity contribution in [2.75, 3.05) is 24.5 Å². The standard InChI is InChI=1S/C25H27ClFN5O3S2/c1-17(22-6-7-23(26)36-22)16-37(34,35)29-20-8-12-32(25(20)33)21-5-4-18(14-19(21)27)31-13-9-28-24(31)15-30-10-2-3-11-30/h4-7,9,13-14,16,20,29H,2-3,8,10-12,15H2,1H3/b17-16+. The Bertz CT molecular complexity index is 1450. The predicted octanol–water partition coefficient (Wildman–Crippen LogP) is 4.41. The summed E-state index contributed by atoms with van der Waals surface area (Å²) in [5.74, 6) is -0.216. The van der Waals surface area contributed by atoms with Crippen molar-refractivity contribution in [1.29, 1.82) is 0 Å². The zero-order chi connectivity index (χ0) is 26.2. The van der Waals surface area contributed by atoms with Gasteiger partial charge in [-0.2, -0.15) is 4.72 Å². The predicted molar refractivity (Wildman–Crippen MR) is 144 cm³/mol. The molecular weight excluding hydrogens is 537 g/mol. The van der Waals surface area contributed by atoms with Gasteiger partial charge in [0, 0.05) is 35.6 Å². The van der Waals surface area contributed by atoms with E-state index in [9.17, 15) is 13.2 Å². The smallest absolute Gasteiger partial charge is 0.245 e. The Kier molecular flexibility index (Phi) is 7.51. The topological polar surface area (TPSA) is 87.5 Å². The number of carbonyl (C=O) groups excluding carboxylic acids is 1. The number of allylic oxidation sites excluding steroid dienone is 1. The van der Waals surface area contributed by atoms with Gasteiger partial charge in [-0.25, -0.2) is 17.8 Å². The lowest BCUT2D eigenvalue weighted by atomic mass is 10.2. The second-order valence-electron chi connectivity index (χ2n) is 9.23. The molecule has 3 aromatic rings. The third-order valence-electron chi connectivity index (χ3n) is 6.59. The summed E-state index contributed by atoms with van der Waals surface area (Å²) in [6.07, 6.45) is 6.07. The average molecular weight is 564 g/mol. The van der Waals surface area contributed by atoms with Gasteiger partial charge in [-0.3, -0.25) is 9.69 Å². The molecule has 2 aliphatic heterocycles. The molecule has 0 spiro atoms. The molecule has 1 amide bonds. The molecule has 0 saturated carbocycles. The number of anilines is 1. The van der Waals surface area contributed by atoms with E-state index in [1.54, 1.807) is 43.6 Å². The van der Waals surface area contributed by atoms with Crippen molar-refractivity contribution in [1.82, 2.24) is 19.2 Å². The molecule has 4 heterocycles. The number of benzene rings is 1. The first-order chi connectivity index (χ1) is 17.7. The van der Waals surface area contributed by atoms with Crippen molar-refractivity contribution in [3.05, 3.63) is 69.0 Å². The van der Waals surface area contributed by atoms with Crippen LogP contribution in [0, 0.1) is 5.82 Å². The summed E-state index contributed by atoms with van der Waals surface area (Å²) in [5.41, 5.74) is 1.25. The molecule has 1 unspecified atom stereocenters. The van der Waals surface area contributed by atoms with Crippen molar-refractivity contribution in [3.63, 3.8) is 0 Å². The molecular formula is C25H27ClFN5O3S2. The van der Waals surface area contributed by atoms with E-state index >= 15 is 4.39 Å². The van der Waals surface area contributed by atoms with Crippen LogP contribution in [0.25, 0.3) is 11.3 Å². The van der Waals surface area contributed by atoms with Gasteiger partial charge >= 0.3 is 0 Å². The van der Waals surface area contributed by atoms with Gasteiger partial charge in [0.05, 0.1) is 22.0 Å². The highest BCUT2D eigenvalue weighted by atomic mass is 35.5. The summed E-state index contributed by atoms with van der Waals surface area (Å²) in [6, 6.07) is 7.15. The molecule has 1 aromatic carbocycles. The van der Waals surface area contributed by atoms with E-state index in [4.69, 9.17) is 11.6 Å². The highest BCUT2D eigenvalue weighted by molar-refractivity contribution is 7.92. The minimum Gasteiger partial charge on any atom is -0.308 e. The van der Waals surface area contributed by atoms with Crippen LogP contribution in [0.1, 0.15) is 36.9 Å². The van der Waals surface area contributed by atoms with Gasteiger partial charge in [0.2, 0.25) is 15.9 Å². The number of nitrogens with zero attached hydrogens (tertiary/aromatic N) is 4. The van der Waals surface area contributed by atoms with Gasteiger partial charge in [-0.15, -0.1) is 11.3 Å². The first-order valence-electron chi connectivity index (χ1n) is 12.0. The van der Waals surface area contributed by atoms with Crippen LogP contribution in [0.4, 0.5) is 10.1 Å². The molecule has 1 atom stereocenters. The van der Waals surface area contributed by atoms with Gasteiger partial charge in [0.1, 0.15) is 17.7 Å². The molecule has 0 aliphatic carbocycles. The summed E-state index contributed by atoms with van der Waals surface area (Å²) >= 11 is 7.21. The lowest BCUT2D eigenvalue weighted by molar-refractivity contribution is -0.118. The van der Waals surface area contributed by atoms with Crippen LogP contribution < -0.4 is 9.62 Å². The van der Waals surface area contributed by atoms with E-state index in [0.29, 0.717) is 22.1 Å². The maximum absolute atomic E-state index is 15.2. The van der Waals surface area contributed by atoms with E-state index in [-0.39, 0.29) is 18.7 Å². The van der Waals surface area contributed by atoms with Crippen LogP contribution in [0.2, 0.25) is 4.34 Å². The fourth-order valence-corrected chi connectivity index (χ4v) is 7.13. The van der Waals surface area contributed by atoms with E-state index in [1.807, 2.05) is 4.57 Å². The van der Waals surface area contributed by atoms with Gasteiger partial charge in [0.15, 0.2) is 0 Å². The first-order valence-corrected chi connectivity index (χ1v) is 14.8. The number of sulfonamides is 1. The zero-order valence-electron chi connectivity index (χ0n) is 20.2. The number of halogens is 2. The highest BCUT2D eigenvalue weighted by Gasteiger charge is 2.36. The number of thiophene rings is 1. The zero-order valence-corrected chi connectivity index (χ0v) is 22.6. The number of imidazole rings is 1. The minimum atomic E-state index is -3.91. The Balaban J connectivity index is 1.29. The van der Waals surface area contributed by atoms with Crippen molar-refractivity contribution >= 4 is 50.1 Å². The van der Waals surface area contributed by atoms with Gasteiger partial charge in [0.25, 0.3) is 0 Å². The monoisotopic (exact) mass is 563 g/mol. The van der Waals surface area contributed by atoms with Gasteiger partial charge in [-0.05, 0) is 69.1 Å². The van der Waals surface area contributed by atoms with E-state index in [1.165, 1.54) is 35.1 Å². The van der Waals surface area contributed by atoms with Crippen LogP contribution in [0.5, 0.6) is 0 Å². The maximum Gasteiger partial charge on any atom is 0.245 e. The Hall–Kier alpha value is -2.57. The van der Waals surface area contributed by atoms with Crippen molar-refractivity contribution in [2.45, 2.75) is 38.8 Å². The van der Waals surface area contributed by atoms with Crippen LogP contribution in [0.3, 0.4) is 0 Å². The quantitative estimate of drug-likeness (QED) is 0.439. The summed E-state index contributed by atoms with van der Waals surface area (Å²) in [7, 11) is -3.91. The third-order valence-corrected chi connectivity index (χ3v) is 9.23. The number of hydrogen-bond donors (Lipinski definition) is 1. The molecule has 12 heteroatoms. The molecule has 37 heavy (non-hydrogen) atoms. The van der Waals surface area contributed by atoms with Crippen LogP contribution in [-0.2, 0) is 21.4 Å². The van der Waals surface area contributed by atoms with Crippen molar-refractivity contribution < 1.29 is 17.6 Å². The summed E-state index contributed by atoms with van der Waals surface area (Å²) in [4.78, 5) is 21.8. The summed E-state index contributed by atoms with van der Waals surface area (Å²) in [5, 5.41) is 1.09. The van der Waals surface area contributed by atoms with Crippen molar-refractivity contribution in [3.8, 4) is 5.69 Å². The summed E-state index contributed by atoms with van der Waals surface area (Å²) < 4.78 is 45.5. The van der Waals surface area contributed by atoms with Crippen LogP contribution >= 0.6 is 22.9 Å². The number of rotatable bonds is 8. The molecule has 8 nitrogen and oxygen atoms in total. The SMILES string of the molecule is C/C(=C\S(=O)(=O)NC1CCN(c2ccc(-n3ccnc3CN3CCCC3)cc2F)C1=O)c1ccc(Cl)s1. The van der Waals surface area contributed by atoms with E-state index < -0.39 is 27.8 Å². The molecule has 0 bridgehead atoms. The first kappa shape index (κ1) is 26.1. The molecule has 5 rings (SSSR count). The molecule has 0 radical (unpaired) electrons. The van der Waals surface area contributed by atoms with E-state index in [2.05, 4.69) is 14.6 Å². The molecule has 2 fully saturated rings. The fraction of sp³-hybridized carbons (Fsp3) is 0.360. The van der Waals surface area contributed by atoms with Crippen LogP contribution in [-0.4, -0.2) is 54.5 Å². The number of nitrogens with one attached hydrogen (secondary N) is 1. The maximum atomic E-state index is 15.2. The molecule has 2 aromatic heterocycles. The summed E-state index contributed by atoms with van der Waals surface area (Å²) in [6.45, 7) is 4.62. The molecule has 1 N–H and O–H groups in total. The minimum absolute atomic E-state index is 0.122. The second-order valence-corrected chi connectivity index (χ2v) is 12.5. The van der Waals surface area contributed by atoms with E-state index in [0.717, 1.165) is 29.2 Å². The Labute approximate surface area is 224 Å². The lowest BCUT2D eigenvalue weighted by Gasteiger charge is -2.19. The van der Waals surface area contributed by atoms with Crippen LogP contribution in [0.15, 0.2) is 48.1 Å². The highest BCUT2D eigenvalue weighted by Crippen LogP contribution is 2.29. The molecule has 196 valence electrons. The lowest BCUT2D eigenvalue weighted by Crippen LogP contribution is -2.41. The average Bonchev–Trinajstić information content (AvgIpc) is 3.64. The Morgan fingerprint density at radius 3 is 2.73 bits per heavy atom. The van der Waals surface area contributed by atoms with Gasteiger partial charge in [-0.1, -0.05) is 11.6 Å². The second kappa shape index (κ2) is 10.7. The number of likely N-dealkylation sites (tertiary alicyclic amines) is 1. The number of aromatic nitrogens is 2. The van der Waals surface area contributed by atoms with Gasteiger partial charge < -0.3 is 9.47 Å². The molecule has 2 saturated heterocycles. The largest absolute Gasteiger partial charge is 0.308 e. The normalized spacial score (nSPS) is 19.3.